The van der Waals surface area contributed by atoms with Crippen molar-refractivity contribution < 1.29 is 4.74 Å². The summed E-state index contributed by atoms with van der Waals surface area (Å²) >= 11 is 0. The summed E-state index contributed by atoms with van der Waals surface area (Å²) in [5.74, 6) is 1.52. The van der Waals surface area contributed by atoms with E-state index in [2.05, 4.69) is 32.6 Å². The molecule has 0 aromatic rings. The van der Waals surface area contributed by atoms with E-state index < -0.39 is 0 Å². The summed E-state index contributed by atoms with van der Waals surface area (Å²) < 4.78 is 5.54. The number of nitrogens with zero attached hydrogens (tertiary/aromatic N) is 1. The van der Waals surface area contributed by atoms with Crippen molar-refractivity contribution in [3.05, 3.63) is 0 Å². The molecule has 1 saturated heterocycles. The molecule has 0 bridgehead atoms. The maximum atomic E-state index is 5.54. The first-order chi connectivity index (χ1) is 6.95. The molecule has 0 radical (unpaired) electrons. The Morgan fingerprint density at radius 2 is 1.87 bits per heavy atom. The lowest BCUT2D eigenvalue weighted by Crippen LogP contribution is -2.43. The second kappa shape index (κ2) is 5.31. The molecular weight excluding hydrogens is 186 g/mol. The molecule has 0 amide bonds. The van der Waals surface area contributed by atoms with Gasteiger partial charge in [-0.1, -0.05) is 13.8 Å². The third-order valence-electron chi connectivity index (χ3n) is 4.12. The molecule has 1 aliphatic rings. The van der Waals surface area contributed by atoms with Gasteiger partial charge in [0.2, 0.25) is 0 Å². The van der Waals surface area contributed by atoms with Gasteiger partial charge in [0.1, 0.15) is 0 Å². The van der Waals surface area contributed by atoms with E-state index in [-0.39, 0.29) is 5.60 Å². The van der Waals surface area contributed by atoms with Crippen LogP contribution in [0.5, 0.6) is 0 Å². The van der Waals surface area contributed by atoms with Gasteiger partial charge in [-0.25, -0.2) is 0 Å². The largest absolute Gasteiger partial charge is 0.378 e. The molecule has 15 heavy (non-hydrogen) atoms. The van der Waals surface area contributed by atoms with Crippen LogP contribution < -0.4 is 0 Å². The molecule has 0 N–H and O–H groups in total. The fourth-order valence-corrected chi connectivity index (χ4v) is 2.05. The van der Waals surface area contributed by atoms with Crippen molar-refractivity contribution in [1.82, 2.24) is 4.90 Å². The van der Waals surface area contributed by atoms with Gasteiger partial charge in [-0.05, 0) is 51.6 Å². The molecule has 2 heteroatoms. The topological polar surface area (TPSA) is 12.5 Å². The number of methoxy groups -OCH3 is 1. The van der Waals surface area contributed by atoms with Crippen molar-refractivity contribution in [2.75, 3.05) is 26.7 Å². The quantitative estimate of drug-likeness (QED) is 0.712. The summed E-state index contributed by atoms with van der Waals surface area (Å²) in [6.07, 6.45) is 2.72. The molecule has 1 unspecified atom stereocenters. The summed E-state index contributed by atoms with van der Waals surface area (Å²) in [5.41, 5.74) is 0.00304. The number of likely N-dealkylation sites (tertiary alicyclic amines) is 1. The Morgan fingerprint density at radius 1 is 1.33 bits per heavy atom. The van der Waals surface area contributed by atoms with Crippen LogP contribution in [-0.4, -0.2) is 37.2 Å². The first-order valence-electron chi connectivity index (χ1n) is 6.23. The second-order valence-corrected chi connectivity index (χ2v) is 5.69. The van der Waals surface area contributed by atoms with Crippen molar-refractivity contribution in [1.29, 1.82) is 0 Å². The van der Waals surface area contributed by atoms with Crippen LogP contribution in [0.15, 0.2) is 0 Å². The standard InChI is InChI=1S/C13H27NO/c1-11-6-8-14(9-7-11)10-12(2)13(3,4)15-5/h11-12H,6-10H2,1-5H3. The number of hydrogen-bond acceptors (Lipinski definition) is 2. The van der Waals surface area contributed by atoms with Crippen LogP contribution in [0.4, 0.5) is 0 Å². The monoisotopic (exact) mass is 213 g/mol. The van der Waals surface area contributed by atoms with Gasteiger partial charge in [0.15, 0.2) is 0 Å². The third kappa shape index (κ3) is 3.76. The predicted octanol–water partition coefficient (Wildman–Crippen LogP) is 2.78. The Morgan fingerprint density at radius 3 is 2.33 bits per heavy atom. The van der Waals surface area contributed by atoms with E-state index >= 15 is 0 Å². The molecule has 1 aliphatic heterocycles. The molecule has 0 aliphatic carbocycles. The van der Waals surface area contributed by atoms with Gasteiger partial charge in [0.25, 0.3) is 0 Å². The fourth-order valence-electron chi connectivity index (χ4n) is 2.05. The van der Waals surface area contributed by atoms with E-state index in [0.717, 1.165) is 5.92 Å². The van der Waals surface area contributed by atoms with Crippen molar-refractivity contribution >= 4 is 0 Å². The van der Waals surface area contributed by atoms with Crippen LogP contribution in [0.2, 0.25) is 0 Å². The Balaban J connectivity index is 2.35. The van der Waals surface area contributed by atoms with Crippen LogP contribution in [0.1, 0.15) is 40.5 Å². The highest BCUT2D eigenvalue weighted by atomic mass is 16.5. The van der Waals surface area contributed by atoms with E-state index in [4.69, 9.17) is 4.74 Å². The SMILES string of the molecule is COC(C)(C)C(C)CN1CCC(C)CC1. The number of hydrogen-bond donors (Lipinski definition) is 0. The van der Waals surface area contributed by atoms with Crippen molar-refractivity contribution in [3.8, 4) is 0 Å². The predicted molar refractivity (Wildman–Crippen MR) is 65.1 cm³/mol. The van der Waals surface area contributed by atoms with Gasteiger partial charge < -0.3 is 9.64 Å². The molecule has 1 heterocycles. The minimum Gasteiger partial charge on any atom is -0.378 e. The summed E-state index contributed by atoms with van der Waals surface area (Å²) in [6, 6.07) is 0. The van der Waals surface area contributed by atoms with Crippen LogP contribution in [0.3, 0.4) is 0 Å². The van der Waals surface area contributed by atoms with Gasteiger partial charge in [-0.15, -0.1) is 0 Å². The first kappa shape index (κ1) is 13.0. The Labute approximate surface area is 95.0 Å². The Bertz CT molecular complexity index is 183. The minimum absolute atomic E-state index is 0.00304. The summed E-state index contributed by atoms with van der Waals surface area (Å²) in [7, 11) is 1.81. The second-order valence-electron chi connectivity index (χ2n) is 5.69. The van der Waals surface area contributed by atoms with Crippen LogP contribution >= 0.6 is 0 Å². The molecule has 0 spiro atoms. The van der Waals surface area contributed by atoms with Gasteiger partial charge in [0.05, 0.1) is 5.60 Å². The highest BCUT2D eigenvalue weighted by Gasteiger charge is 2.28. The Kier molecular flexibility index (Phi) is 4.60. The average Bonchev–Trinajstić information content (AvgIpc) is 2.21. The van der Waals surface area contributed by atoms with Crippen LogP contribution in [0, 0.1) is 11.8 Å². The van der Waals surface area contributed by atoms with Crippen LogP contribution in [0.25, 0.3) is 0 Å². The van der Waals surface area contributed by atoms with Crippen molar-refractivity contribution in [2.24, 2.45) is 11.8 Å². The highest BCUT2D eigenvalue weighted by Crippen LogP contribution is 2.23. The van der Waals surface area contributed by atoms with Gasteiger partial charge in [0, 0.05) is 13.7 Å². The van der Waals surface area contributed by atoms with Gasteiger partial charge >= 0.3 is 0 Å². The lowest BCUT2D eigenvalue weighted by atomic mass is 9.90. The summed E-state index contributed by atoms with van der Waals surface area (Å²) in [5, 5.41) is 0. The lowest BCUT2D eigenvalue weighted by molar-refractivity contribution is -0.0348. The zero-order valence-corrected chi connectivity index (χ0v) is 11.0. The van der Waals surface area contributed by atoms with Crippen molar-refractivity contribution in [2.45, 2.75) is 46.1 Å². The molecule has 2 nitrogen and oxygen atoms in total. The lowest BCUT2D eigenvalue weighted by Gasteiger charge is -2.37. The molecule has 0 aromatic heterocycles. The first-order valence-corrected chi connectivity index (χ1v) is 6.23. The molecule has 90 valence electrons. The molecular formula is C13H27NO. The zero-order chi connectivity index (χ0) is 11.5. The van der Waals surface area contributed by atoms with Gasteiger partial charge in [-0.3, -0.25) is 0 Å². The van der Waals surface area contributed by atoms with E-state index in [1.807, 2.05) is 7.11 Å². The maximum Gasteiger partial charge on any atom is 0.0660 e. The molecule has 1 fully saturated rings. The third-order valence-corrected chi connectivity index (χ3v) is 4.12. The number of ether oxygens (including phenoxy) is 1. The van der Waals surface area contributed by atoms with E-state index in [0.29, 0.717) is 5.92 Å². The van der Waals surface area contributed by atoms with E-state index in [9.17, 15) is 0 Å². The summed E-state index contributed by atoms with van der Waals surface area (Å²) in [4.78, 5) is 2.59. The highest BCUT2D eigenvalue weighted by molar-refractivity contribution is 4.80. The fraction of sp³-hybridized carbons (Fsp3) is 1.00. The van der Waals surface area contributed by atoms with Gasteiger partial charge in [-0.2, -0.15) is 0 Å². The van der Waals surface area contributed by atoms with Crippen LogP contribution in [-0.2, 0) is 4.74 Å². The molecule has 0 aromatic carbocycles. The molecule has 0 saturated carbocycles. The van der Waals surface area contributed by atoms with E-state index in [1.165, 1.54) is 32.5 Å². The Hall–Kier alpha value is -0.0800. The molecule has 1 atom stereocenters. The normalized spacial score (nSPS) is 23.0. The summed E-state index contributed by atoms with van der Waals surface area (Å²) in [6.45, 7) is 12.7. The smallest absolute Gasteiger partial charge is 0.0660 e. The molecule has 1 rings (SSSR count). The van der Waals surface area contributed by atoms with E-state index in [1.54, 1.807) is 0 Å². The number of rotatable bonds is 4. The number of piperidine rings is 1. The zero-order valence-electron chi connectivity index (χ0n) is 11.0. The maximum absolute atomic E-state index is 5.54. The van der Waals surface area contributed by atoms with Crippen molar-refractivity contribution in [3.63, 3.8) is 0 Å². The average molecular weight is 213 g/mol. The minimum atomic E-state index is 0.00304.